The summed E-state index contributed by atoms with van der Waals surface area (Å²) in [5.41, 5.74) is 1.27. The highest BCUT2D eigenvalue weighted by molar-refractivity contribution is 6.30. The highest BCUT2D eigenvalue weighted by Crippen LogP contribution is 2.23. The molecule has 2 rings (SSSR count). The summed E-state index contributed by atoms with van der Waals surface area (Å²) < 4.78 is 13.5. The van der Waals surface area contributed by atoms with E-state index in [4.69, 9.17) is 11.6 Å². The number of carbonyl (C=O) groups excluding carboxylic acids is 1. The molecule has 1 amide bonds. The Morgan fingerprint density at radius 2 is 1.77 bits per heavy atom. The van der Waals surface area contributed by atoms with Gasteiger partial charge in [-0.15, -0.1) is 0 Å². The topological polar surface area (TPSA) is 29.1 Å². The van der Waals surface area contributed by atoms with Gasteiger partial charge in [0.2, 0.25) is 5.91 Å². The predicted molar refractivity (Wildman–Crippen MR) is 87.6 cm³/mol. The third-order valence-corrected chi connectivity index (χ3v) is 3.91. The highest BCUT2D eigenvalue weighted by Gasteiger charge is 2.21. The zero-order chi connectivity index (χ0) is 16.2. The van der Waals surface area contributed by atoms with Crippen LogP contribution in [0.3, 0.4) is 0 Å². The van der Waals surface area contributed by atoms with Gasteiger partial charge >= 0.3 is 0 Å². The quantitative estimate of drug-likeness (QED) is 0.882. The van der Waals surface area contributed by atoms with Crippen LogP contribution in [0.1, 0.15) is 25.0 Å². The molecule has 2 nitrogen and oxygen atoms in total. The molecule has 116 valence electrons. The summed E-state index contributed by atoms with van der Waals surface area (Å²) in [6.45, 7) is 4.56. The molecule has 0 heterocycles. The second-order valence-corrected chi connectivity index (χ2v) is 6.37. The number of halogens is 2. The lowest BCUT2D eigenvalue weighted by atomic mass is 9.84. The van der Waals surface area contributed by atoms with E-state index < -0.39 is 0 Å². The molecule has 0 spiro atoms. The highest BCUT2D eigenvalue weighted by atomic mass is 35.5. The van der Waals surface area contributed by atoms with Gasteiger partial charge in [0, 0.05) is 17.0 Å². The first-order chi connectivity index (χ1) is 10.4. The molecule has 0 fully saturated rings. The minimum absolute atomic E-state index is 0.0450. The van der Waals surface area contributed by atoms with Gasteiger partial charge < -0.3 is 5.32 Å². The summed E-state index contributed by atoms with van der Waals surface area (Å²) in [6.07, 6.45) is 0.0450. The Morgan fingerprint density at radius 3 is 2.41 bits per heavy atom. The van der Waals surface area contributed by atoms with Gasteiger partial charge in [-0.05, 0) is 29.3 Å². The second kappa shape index (κ2) is 6.93. The molecule has 0 saturated carbocycles. The van der Waals surface area contributed by atoms with Crippen LogP contribution in [0.25, 0.3) is 0 Å². The van der Waals surface area contributed by atoms with Crippen LogP contribution in [0.2, 0.25) is 5.02 Å². The number of hydrogen-bond acceptors (Lipinski definition) is 1. The van der Waals surface area contributed by atoms with E-state index in [0.717, 1.165) is 5.56 Å². The lowest BCUT2D eigenvalue weighted by Gasteiger charge is -2.25. The molecule has 22 heavy (non-hydrogen) atoms. The summed E-state index contributed by atoms with van der Waals surface area (Å²) in [4.78, 5) is 12.0. The minimum atomic E-state index is -0.352. The van der Waals surface area contributed by atoms with Crippen molar-refractivity contribution in [3.63, 3.8) is 0 Å². The summed E-state index contributed by atoms with van der Waals surface area (Å²) in [5, 5.41) is 3.56. The molecular formula is C18H19ClFNO. The molecule has 0 aliphatic rings. The monoisotopic (exact) mass is 319 g/mol. The van der Waals surface area contributed by atoms with Gasteiger partial charge in [-0.3, -0.25) is 4.79 Å². The second-order valence-electron chi connectivity index (χ2n) is 5.94. The van der Waals surface area contributed by atoms with Crippen LogP contribution >= 0.6 is 11.6 Å². The van der Waals surface area contributed by atoms with E-state index in [9.17, 15) is 9.18 Å². The van der Waals surface area contributed by atoms with Crippen molar-refractivity contribution in [3.8, 4) is 0 Å². The van der Waals surface area contributed by atoms with Gasteiger partial charge in [-0.1, -0.05) is 55.8 Å². The first-order valence-corrected chi connectivity index (χ1v) is 7.52. The molecule has 0 radical (unpaired) electrons. The number of benzene rings is 2. The van der Waals surface area contributed by atoms with Gasteiger partial charge in [0.05, 0.1) is 6.42 Å². The number of carbonyl (C=O) groups is 1. The fraction of sp³-hybridized carbons (Fsp3) is 0.278. The maximum absolute atomic E-state index is 13.5. The average Bonchev–Trinajstić information content (AvgIpc) is 2.48. The standard InChI is InChI=1S/C18H19ClFNO/c1-18(2,14-7-9-15(19)10-8-14)12-21-17(22)11-13-5-3-4-6-16(13)20/h3-10H,11-12H2,1-2H3,(H,21,22). The Labute approximate surface area is 135 Å². The summed E-state index contributed by atoms with van der Waals surface area (Å²) in [5.74, 6) is -0.540. The van der Waals surface area contributed by atoms with E-state index in [1.54, 1.807) is 18.2 Å². The molecule has 0 aromatic heterocycles. The molecule has 4 heteroatoms. The van der Waals surface area contributed by atoms with Crippen LogP contribution in [0.15, 0.2) is 48.5 Å². The maximum atomic E-state index is 13.5. The van der Waals surface area contributed by atoms with Crippen molar-refractivity contribution in [3.05, 3.63) is 70.5 Å². The van der Waals surface area contributed by atoms with Crippen molar-refractivity contribution in [1.82, 2.24) is 5.32 Å². The largest absolute Gasteiger partial charge is 0.355 e. The molecular weight excluding hydrogens is 301 g/mol. The van der Waals surface area contributed by atoms with Crippen LogP contribution in [-0.4, -0.2) is 12.5 Å². The zero-order valence-electron chi connectivity index (χ0n) is 12.7. The van der Waals surface area contributed by atoms with Crippen molar-refractivity contribution in [2.24, 2.45) is 0 Å². The molecule has 0 aliphatic heterocycles. The Morgan fingerprint density at radius 1 is 1.14 bits per heavy atom. The van der Waals surface area contributed by atoms with Gasteiger partial charge in [0.15, 0.2) is 0 Å². The van der Waals surface area contributed by atoms with E-state index in [2.05, 4.69) is 5.32 Å². The number of rotatable bonds is 5. The van der Waals surface area contributed by atoms with Gasteiger partial charge in [0.25, 0.3) is 0 Å². The minimum Gasteiger partial charge on any atom is -0.355 e. The first-order valence-electron chi connectivity index (χ1n) is 7.15. The zero-order valence-corrected chi connectivity index (χ0v) is 13.5. The lowest BCUT2D eigenvalue weighted by Crippen LogP contribution is -2.37. The van der Waals surface area contributed by atoms with Crippen LogP contribution in [-0.2, 0) is 16.6 Å². The molecule has 1 N–H and O–H groups in total. The van der Waals surface area contributed by atoms with Crippen molar-refractivity contribution in [2.75, 3.05) is 6.54 Å². The molecule has 0 unspecified atom stereocenters. The van der Waals surface area contributed by atoms with E-state index in [0.29, 0.717) is 17.1 Å². The van der Waals surface area contributed by atoms with Crippen LogP contribution in [0, 0.1) is 5.82 Å². The third kappa shape index (κ3) is 4.31. The fourth-order valence-electron chi connectivity index (χ4n) is 2.20. The number of amides is 1. The first kappa shape index (κ1) is 16.5. The van der Waals surface area contributed by atoms with E-state index in [1.165, 1.54) is 6.07 Å². The van der Waals surface area contributed by atoms with E-state index in [-0.39, 0.29) is 23.6 Å². The molecule has 0 atom stereocenters. The fourth-order valence-corrected chi connectivity index (χ4v) is 2.33. The summed E-state index contributed by atoms with van der Waals surface area (Å²) >= 11 is 5.89. The van der Waals surface area contributed by atoms with Crippen LogP contribution in [0.4, 0.5) is 4.39 Å². The Hall–Kier alpha value is -1.87. The lowest BCUT2D eigenvalue weighted by molar-refractivity contribution is -0.120. The SMILES string of the molecule is CC(C)(CNC(=O)Cc1ccccc1F)c1ccc(Cl)cc1. The van der Waals surface area contributed by atoms with Gasteiger partial charge in [-0.25, -0.2) is 4.39 Å². The average molecular weight is 320 g/mol. The Balaban J connectivity index is 1.95. The maximum Gasteiger partial charge on any atom is 0.224 e. The smallest absolute Gasteiger partial charge is 0.224 e. The molecule has 0 saturated heterocycles. The summed E-state index contributed by atoms with van der Waals surface area (Å²) in [7, 11) is 0. The normalized spacial score (nSPS) is 11.3. The van der Waals surface area contributed by atoms with E-state index >= 15 is 0 Å². The molecule has 2 aromatic carbocycles. The van der Waals surface area contributed by atoms with Crippen LogP contribution < -0.4 is 5.32 Å². The van der Waals surface area contributed by atoms with Gasteiger partial charge in [-0.2, -0.15) is 0 Å². The van der Waals surface area contributed by atoms with E-state index in [1.807, 2.05) is 38.1 Å². The van der Waals surface area contributed by atoms with Crippen molar-refractivity contribution in [2.45, 2.75) is 25.7 Å². The Bertz CT molecular complexity index is 652. The van der Waals surface area contributed by atoms with Crippen LogP contribution in [0.5, 0.6) is 0 Å². The van der Waals surface area contributed by atoms with Gasteiger partial charge in [0.1, 0.15) is 5.82 Å². The molecule has 0 bridgehead atoms. The number of nitrogens with one attached hydrogen (secondary N) is 1. The Kier molecular flexibility index (Phi) is 5.19. The van der Waals surface area contributed by atoms with Crippen molar-refractivity contribution < 1.29 is 9.18 Å². The molecule has 2 aromatic rings. The third-order valence-electron chi connectivity index (χ3n) is 3.66. The summed E-state index contributed by atoms with van der Waals surface area (Å²) in [6, 6.07) is 13.9. The van der Waals surface area contributed by atoms with Crippen molar-refractivity contribution >= 4 is 17.5 Å². The molecule has 0 aliphatic carbocycles. The predicted octanol–water partition coefficient (Wildman–Crippen LogP) is 4.12. The van der Waals surface area contributed by atoms with Crippen molar-refractivity contribution in [1.29, 1.82) is 0 Å². The number of hydrogen-bond donors (Lipinski definition) is 1.